The highest BCUT2D eigenvalue weighted by Crippen LogP contribution is 2.41. The van der Waals surface area contributed by atoms with Gasteiger partial charge in [0.05, 0.1) is 4.92 Å². The summed E-state index contributed by atoms with van der Waals surface area (Å²) in [5, 5.41) is 20.8. The summed E-state index contributed by atoms with van der Waals surface area (Å²) in [6, 6.07) is 4.83. The Balaban J connectivity index is 2.57. The molecular weight excluding hydrogens is 260 g/mol. The zero-order chi connectivity index (χ0) is 14.9. The number of carboxylic acid groups (broad SMARTS) is 1. The number of anilines is 1. The Hall–Kier alpha value is -2.11. The fraction of sp³-hybridized carbons (Fsp3) is 0.500. The van der Waals surface area contributed by atoms with Crippen LogP contribution in [0.25, 0.3) is 0 Å². The molecule has 0 aromatic heterocycles. The molecule has 6 heteroatoms. The lowest BCUT2D eigenvalue weighted by atomic mass is 9.92. The molecule has 0 saturated carbocycles. The number of carboxylic acids is 1. The van der Waals surface area contributed by atoms with Gasteiger partial charge in [0.15, 0.2) is 0 Å². The summed E-state index contributed by atoms with van der Waals surface area (Å²) in [6.07, 6.45) is 1.67. The van der Waals surface area contributed by atoms with Gasteiger partial charge < -0.3 is 10.0 Å². The van der Waals surface area contributed by atoms with Gasteiger partial charge in [0.2, 0.25) is 0 Å². The van der Waals surface area contributed by atoms with Crippen LogP contribution in [0, 0.1) is 17.0 Å². The fourth-order valence-corrected chi connectivity index (χ4v) is 2.97. The first-order valence-corrected chi connectivity index (χ1v) is 6.68. The van der Waals surface area contributed by atoms with E-state index in [1.165, 1.54) is 6.07 Å². The summed E-state index contributed by atoms with van der Waals surface area (Å²) < 4.78 is 0. The molecule has 1 aromatic carbocycles. The van der Waals surface area contributed by atoms with E-state index in [0.29, 0.717) is 25.1 Å². The molecule has 1 fully saturated rings. The van der Waals surface area contributed by atoms with E-state index in [4.69, 9.17) is 0 Å². The van der Waals surface area contributed by atoms with Crippen LogP contribution in [0.2, 0.25) is 0 Å². The highest BCUT2D eigenvalue weighted by Gasteiger charge is 2.47. The van der Waals surface area contributed by atoms with E-state index < -0.39 is 16.4 Å². The van der Waals surface area contributed by atoms with E-state index >= 15 is 0 Å². The number of nitrogens with zero attached hydrogens (tertiary/aromatic N) is 2. The lowest BCUT2D eigenvalue weighted by molar-refractivity contribution is -0.384. The molecule has 0 amide bonds. The van der Waals surface area contributed by atoms with Gasteiger partial charge in [0, 0.05) is 12.6 Å². The first-order valence-electron chi connectivity index (χ1n) is 6.68. The summed E-state index contributed by atoms with van der Waals surface area (Å²) in [5.74, 6) is -0.909. The largest absolute Gasteiger partial charge is 0.479 e. The Bertz CT molecular complexity index is 558. The van der Waals surface area contributed by atoms with Gasteiger partial charge in [-0.15, -0.1) is 0 Å². The monoisotopic (exact) mass is 278 g/mol. The lowest BCUT2D eigenvalue weighted by Gasteiger charge is -2.35. The maximum absolute atomic E-state index is 11.7. The number of aryl methyl sites for hydroxylation is 1. The maximum atomic E-state index is 11.7. The molecule has 1 aliphatic heterocycles. The summed E-state index contributed by atoms with van der Waals surface area (Å²) in [7, 11) is 0. The highest BCUT2D eigenvalue weighted by molar-refractivity contribution is 5.86. The SMILES string of the molecule is CCC1(C(=O)O)CCCN1c1cc(C)ccc1[N+](=O)[O-]. The molecule has 6 nitrogen and oxygen atoms in total. The van der Waals surface area contributed by atoms with Crippen molar-refractivity contribution in [3.05, 3.63) is 33.9 Å². The molecule has 1 atom stereocenters. The van der Waals surface area contributed by atoms with E-state index in [1.807, 2.05) is 13.8 Å². The molecule has 0 aliphatic carbocycles. The average Bonchev–Trinajstić information content (AvgIpc) is 2.83. The van der Waals surface area contributed by atoms with E-state index in [2.05, 4.69) is 0 Å². The molecule has 1 aromatic rings. The van der Waals surface area contributed by atoms with Crippen LogP contribution in [0.3, 0.4) is 0 Å². The van der Waals surface area contributed by atoms with Crippen molar-refractivity contribution < 1.29 is 14.8 Å². The number of rotatable bonds is 4. The summed E-state index contributed by atoms with van der Waals surface area (Å²) in [4.78, 5) is 24.1. The van der Waals surface area contributed by atoms with Crippen LogP contribution in [0.5, 0.6) is 0 Å². The molecule has 108 valence electrons. The Morgan fingerprint density at radius 3 is 2.80 bits per heavy atom. The number of benzene rings is 1. The lowest BCUT2D eigenvalue weighted by Crippen LogP contribution is -2.50. The minimum absolute atomic E-state index is 0.0309. The third-order valence-corrected chi connectivity index (χ3v) is 4.09. The molecule has 0 radical (unpaired) electrons. The Morgan fingerprint density at radius 1 is 1.55 bits per heavy atom. The first kappa shape index (κ1) is 14.3. The van der Waals surface area contributed by atoms with Crippen molar-refractivity contribution in [1.29, 1.82) is 0 Å². The average molecular weight is 278 g/mol. The van der Waals surface area contributed by atoms with Gasteiger partial charge in [-0.05, 0) is 37.8 Å². The van der Waals surface area contributed by atoms with E-state index in [9.17, 15) is 20.0 Å². The molecular formula is C14H18N2O4. The van der Waals surface area contributed by atoms with Crippen LogP contribution in [0.4, 0.5) is 11.4 Å². The van der Waals surface area contributed by atoms with Gasteiger partial charge >= 0.3 is 5.97 Å². The van der Waals surface area contributed by atoms with Crippen LogP contribution in [-0.4, -0.2) is 28.1 Å². The van der Waals surface area contributed by atoms with E-state index in [-0.39, 0.29) is 5.69 Å². The first-order chi connectivity index (χ1) is 9.42. The fourth-order valence-electron chi connectivity index (χ4n) is 2.97. The van der Waals surface area contributed by atoms with Crippen molar-refractivity contribution >= 4 is 17.3 Å². The number of hydrogen-bond acceptors (Lipinski definition) is 4. The molecule has 0 bridgehead atoms. The third-order valence-electron chi connectivity index (χ3n) is 4.09. The molecule has 1 aliphatic rings. The van der Waals surface area contributed by atoms with Crippen LogP contribution in [0.1, 0.15) is 31.7 Å². The van der Waals surface area contributed by atoms with Crippen molar-refractivity contribution in [1.82, 2.24) is 0 Å². The Labute approximate surface area is 117 Å². The summed E-state index contributed by atoms with van der Waals surface area (Å²) in [6.45, 7) is 4.19. The maximum Gasteiger partial charge on any atom is 0.329 e. The zero-order valence-electron chi connectivity index (χ0n) is 11.6. The number of hydrogen-bond donors (Lipinski definition) is 1. The van der Waals surface area contributed by atoms with Crippen LogP contribution < -0.4 is 4.90 Å². The molecule has 0 spiro atoms. The van der Waals surface area contributed by atoms with Crippen LogP contribution >= 0.6 is 0 Å². The van der Waals surface area contributed by atoms with Gasteiger partial charge in [0.1, 0.15) is 11.2 Å². The highest BCUT2D eigenvalue weighted by atomic mass is 16.6. The van der Waals surface area contributed by atoms with E-state index in [0.717, 1.165) is 12.0 Å². The minimum Gasteiger partial charge on any atom is -0.479 e. The number of aliphatic carboxylic acids is 1. The Morgan fingerprint density at radius 2 is 2.25 bits per heavy atom. The molecule has 1 unspecified atom stereocenters. The van der Waals surface area contributed by atoms with Crippen molar-refractivity contribution in [2.75, 3.05) is 11.4 Å². The van der Waals surface area contributed by atoms with Crippen molar-refractivity contribution in [3.63, 3.8) is 0 Å². The second-order valence-electron chi connectivity index (χ2n) is 5.19. The Kier molecular flexibility index (Phi) is 3.65. The zero-order valence-corrected chi connectivity index (χ0v) is 11.6. The van der Waals surface area contributed by atoms with Gasteiger partial charge in [0.25, 0.3) is 5.69 Å². The van der Waals surface area contributed by atoms with E-state index in [1.54, 1.807) is 17.0 Å². The van der Waals surface area contributed by atoms with Gasteiger partial charge in [-0.25, -0.2) is 4.79 Å². The summed E-state index contributed by atoms with van der Waals surface area (Å²) in [5.41, 5.74) is 0.236. The second kappa shape index (κ2) is 5.11. The van der Waals surface area contributed by atoms with Crippen molar-refractivity contribution in [3.8, 4) is 0 Å². The molecule has 1 saturated heterocycles. The molecule has 2 rings (SSSR count). The number of carbonyl (C=O) groups is 1. The standard InChI is InChI=1S/C14H18N2O4/c1-3-14(13(17)18)7-4-8-15(14)12-9-10(2)5-6-11(12)16(19)20/h5-6,9H,3-4,7-8H2,1-2H3,(H,17,18). The topological polar surface area (TPSA) is 83.7 Å². The predicted octanol–water partition coefficient (Wildman–Crippen LogP) is 2.74. The van der Waals surface area contributed by atoms with Crippen LogP contribution in [0.15, 0.2) is 18.2 Å². The number of nitro benzene ring substituents is 1. The smallest absolute Gasteiger partial charge is 0.329 e. The normalized spacial score (nSPS) is 22.0. The van der Waals surface area contributed by atoms with Crippen LogP contribution in [-0.2, 0) is 4.79 Å². The second-order valence-corrected chi connectivity index (χ2v) is 5.19. The van der Waals surface area contributed by atoms with Crippen molar-refractivity contribution in [2.45, 2.75) is 38.6 Å². The summed E-state index contributed by atoms with van der Waals surface area (Å²) >= 11 is 0. The predicted molar refractivity (Wildman–Crippen MR) is 75.1 cm³/mol. The molecule has 20 heavy (non-hydrogen) atoms. The molecule has 1 N–H and O–H groups in total. The minimum atomic E-state index is -1.03. The van der Waals surface area contributed by atoms with Crippen molar-refractivity contribution in [2.24, 2.45) is 0 Å². The third kappa shape index (κ3) is 2.11. The van der Waals surface area contributed by atoms with Gasteiger partial charge in [-0.1, -0.05) is 13.0 Å². The quantitative estimate of drug-likeness (QED) is 0.676. The van der Waals surface area contributed by atoms with Gasteiger partial charge in [-0.2, -0.15) is 0 Å². The molecule has 1 heterocycles. The van der Waals surface area contributed by atoms with Gasteiger partial charge in [-0.3, -0.25) is 10.1 Å². The number of nitro groups is 1.